The first kappa shape index (κ1) is 25.5. The molecule has 0 bridgehead atoms. The van der Waals surface area contributed by atoms with Crippen molar-refractivity contribution in [2.24, 2.45) is 11.1 Å². The van der Waals surface area contributed by atoms with Crippen LogP contribution in [0.4, 0.5) is 10.1 Å². The number of anilines is 1. The number of rotatable bonds is 8. The summed E-state index contributed by atoms with van der Waals surface area (Å²) in [5, 5.41) is 17.7. The molecule has 4 rings (SSSR count). The molecule has 190 valence electrons. The summed E-state index contributed by atoms with van der Waals surface area (Å²) in [5.41, 5.74) is -0.180. The van der Waals surface area contributed by atoms with Crippen molar-refractivity contribution in [3.05, 3.63) is 65.8 Å². The summed E-state index contributed by atoms with van der Waals surface area (Å²) < 4.78 is 49.4. The Kier molecular flexibility index (Phi) is 6.50. The van der Waals surface area contributed by atoms with Crippen LogP contribution < -0.4 is 15.2 Å². The third-order valence-electron chi connectivity index (χ3n) is 5.91. The largest absolute Gasteiger partial charge is 0.481 e. The molecule has 0 atom stereocenters. The molecule has 0 radical (unpaired) electrons. The summed E-state index contributed by atoms with van der Waals surface area (Å²) in [6, 6.07) is 5.70. The van der Waals surface area contributed by atoms with Crippen LogP contribution in [0.2, 0.25) is 0 Å². The number of aliphatic hydroxyl groups is 1. The predicted molar refractivity (Wildman–Crippen MR) is 131 cm³/mol. The number of hydrogen-bond acceptors (Lipinski definition) is 7. The van der Waals surface area contributed by atoms with Crippen molar-refractivity contribution in [1.82, 2.24) is 4.98 Å². The number of carbonyl (C=O) groups is 1. The number of pyridine rings is 1. The Hall–Kier alpha value is -3.54. The quantitative estimate of drug-likeness (QED) is 0.410. The fourth-order valence-electron chi connectivity index (χ4n) is 3.95. The van der Waals surface area contributed by atoms with Gasteiger partial charge in [0.25, 0.3) is 15.9 Å². The van der Waals surface area contributed by atoms with Gasteiger partial charge in [0, 0.05) is 29.0 Å². The van der Waals surface area contributed by atoms with E-state index in [1.165, 1.54) is 39.3 Å². The third kappa shape index (κ3) is 5.03. The van der Waals surface area contributed by atoms with Crippen LogP contribution in [0.3, 0.4) is 0 Å². The van der Waals surface area contributed by atoms with Crippen LogP contribution in [0, 0.1) is 11.7 Å². The highest BCUT2D eigenvalue weighted by molar-refractivity contribution is 7.89. The Morgan fingerprint density at radius 2 is 2.03 bits per heavy atom. The number of methoxy groups -OCH3 is 1. The van der Waals surface area contributed by atoms with Crippen molar-refractivity contribution in [3.63, 3.8) is 0 Å². The van der Waals surface area contributed by atoms with Crippen LogP contribution in [-0.4, -0.2) is 31.5 Å². The molecule has 4 N–H and O–H groups in total. The van der Waals surface area contributed by atoms with Gasteiger partial charge in [-0.05, 0) is 61.9 Å². The molecule has 2 heterocycles. The molecule has 3 aromatic rings. The first-order chi connectivity index (χ1) is 16.8. The highest BCUT2D eigenvalue weighted by Crippen LogP contribution is 2.46. The number of amides is 1. The monoisotopic (exact) mass is 515 g/mol. The maximum absolute atomic E-state index is 14.8. The van der Waals surface area contributed by atoms with Gasteiger partial charge in [-0.25, -0.2) is 22.9 Å². The van der Waals surface area contributed by atoms with Crippen LogP contribution in [0.5, 0.6) is 5.88 Å². The van der Waals surface area contributed by atoms with E-state index in [1.54, 1.807) is 12.1 Å². The second kappa shape index (κ2) is 9.16. The van der Waals surface area contributed by atoms with E-state index >= 15 is 0 Å². The molecule has 0 spiro atoms. The van der Waals surface area contributed by atoms with E-state index in [0.717, 1.165) is 19.1 Å². The van der Waals surface area contributed by atoms with Gasteiger partial charge in [0.2, 0.25) is 11.0 Å². The number of aromatic nitrogens is 1. The standard InChI is InChI=1S/C25H26FN3O6S/c1-13(14-5-6-14)17-10-16(26)11-18(15-7-8-28-20(9-15)34-4)22(17)29-23(30)21-19(25(2,3)31)12-35-24(21)36(27,32)33/h7-12,14,31H,1,5-6H2,2-4H3,(H,29,30)(H2,27,32,33). The van der Waals surface area contributed by atoms with Gasteiger partial charge in [-0.3, -0.25) is 4.79 Å². The molecule has 11 heteroatoms. The number of nitrogens with one attached hydrogen (secondary N) is 1. The number of ether oxygens (including phenoxy) is 1. The van der Waals surface area contributed by atoms with E-state index < -0.39 is 38.0 Å². The van der Waals surface area contributed by atoms with Crippen molar-refractivity contribution in [1.29, 1.82) is 0 Å². The average molecular weight is 516 g/mol. The zero-order valence-corrected chi connectivity index (χ0v) is 20.8. The lowest BCUT2D eigenvalue weighted by Crippen LogP contribution is -2.25. The first-order valence-corrected chi connectivity index (χ1v) is 12.6. The number of benzene rings is 1. The second-order valence-electron chi connectivity index (χ2n) is 9.13. The molecule has 0 saturated heterocycles. The Labute approximate surface area is 207 Å². The molecular formula is C25H26FN3O6S. The van der Waals surface area contributed by atoms with Crippen molar-refractivity contribution in [3.8, 4) is 17.0 Å². The molecule has 1 fully saturated rings. The van der Waals surface area contributed by atoms with Gasteiger partial charge in [-0.2, -0.15) is 0 Å². The fraction of sp³-hybridized carbons (Fsp3) is 0.280. The molecule has 1 aliphatic rings. The number of sulfonamides is 1. The Morgan fingerprint density at radius 1 is 1.33 bits per heavy atom. The van der Waals surface area contributed by atoms with Gasteiger partial charge in [0.1, 0.15) is 11.4 Å². The van der Waals surface area contributed by atoms with Gasteiger partial charge in [-0.15, -0.1) is 0 Å². The van der Waals surface area contributed by atoms with Gasteiger partial charge in [0.05, 0.1) is 24.7 Å². The van der Waals surface area contributed by atoms with Crippen LogP contribution in [0.15, 0.2) is 52.8 Å². The second-order valence-corrected chi connectivity index (χ2v) is 10.6. The SMILES string of the molecule is C=C(c1cc(F)cc(-c2ccnc(OC)c2)c1NC(=O)c1c(C(C)(C)O)coc1S(N)(=O)=O)C1CC1. The first-order valence-electron chi connectivity index (χ1n) is 11.0. The number of allylic oxidation sites excluding steroid dienone is 1. The normalized spacial score (nSPS) is 13.9. The van der Waals surface area contributed by atoms with Crippen LogP contribution in [0.1, 0.15) is 48.2 Å². The minimum absolute atomic E-state index is 0.0826. The average Bonchev–Trinajstić information content (AvgIpc) is 3.54. The van der Waals surface area contributed by atoms with E-state index in [4.69, 9.17) is 14.3 Å². The van der Waals surface area contributed by atoms with E-state index in [2.05, 4.69) is 16.9 Å². The molecule has 0 unspecified atom stereocenters. The van der Waals surface area contributed by atoms with E-state index in [1.807, 2.05) is 0 Å². The number of nitrogens with zero attached hydrogens (tertiary/aromatic N) is 1. The maximum Gasteiger partial charge on any atom is 0.272 e. The Morgan fingerprint density at radius 3 is 2.61 bits per heavy atom. The molecule has 36 heavy (non-hydrogen) atoms. The molecular weight excluding hydrogens is 489 g/mol. The van der Waals surface area contributed by atoms with Gasteiger partial charge < -0.3 is 19.6 Å². The minimum atomic E-state index is -4.46. The van der Waals surface area contributed by atoms with Gasteiger partial charge in [0.15, 0.2) is 0 Å². The lowest BCUT2D eigenvalue weighted by atomic mass is 9.93. The molecule has 1 saturated carbocycles. The number of hydrogen-bond donors (Lipinski definition) is 3. The van der Waals surface area contributed by atoms with E-state index in [9.17, 15) is 22.7 Å². The highest BCUT2D eigenvalue weighted by Gasteiger charge is 2.35. The Balaban J connectivity index is 1.92. The zero-order chi connectivity index (χ0) is 26.4. The highest BCUT2D eigenvalue weighted by atomic mass is 32.2. The number of primary sulfonamides is 1. The van der Waals surface area contributed by atoms with Crippen molar-refractivity contribution >= 4 is 27.2 Å². The van der Waals surface area contributed by atoms with Crippen LogP contribution in [0.25, 0.3) is 16.7 Å². The zero-order valence-electron chi connectivity index (χ0n) is 20.0. The predicted octanol–water partition coefficient (Wildman–Crippen LogP) is 4.04. The van der Waals surface area contributed by atoms with Crippen molar-refractivity contribution in [2.75, 3.05) is 12.4 Å². The topological polar surface area (TPSA) is 145 Å². The van der Waals surface area contributed by atoms with E-state index in [0.29, 0.717) is 22.3 Å². The summed E-state index contributed by atoms with van der Waals surface area (Å²) in [5.74, 6) is -1.07. The summed E-state index contributed by atoms with van der Waals surface area (Å²) in [6.45, 7) is 6.85. The molecule has 2 aromatic heterocycles. The summed E-state index contributed by atoms with van der Waals surface area (Å²) in [7, 11) is -3.02. The lowest BCUT2D eigenvalue weighted by Gasteiger charge is -2.20. The minimum Gasteiger partial charge on any atom is -0.481 e. The number of nitrogens with two attached hydrogens (primary N) is 1. The molecule has 1 amide bonds. The van der Waals surface area contributed by atoms with Crippen molar-refractivity contribution in [2.45, 2.75) is 37.4 Å². The van der Waals surface area contributed by atoms with E-state index in [-0.39, 0.29) is 23.0 Å². The van der Waals surface area contributed by atoms with Gasteiger partial charge >= 0.3 is 0 Å². The number of halogens is 1. The summed E-state index contributed by atoms with van der Waals surface area (Å²) in [4.78, 5) is 17.7. The lowest BCUT2D eigenvalue weighted by molar-refractivity contribution is 0.0754. The van der Waals surface area contributed by atoms with Crippen LogP contribution in [-0.2, 0) is 15.6 Å². The third-order valence-corrected chi connectivity index (χ3v) is 6.73. The Bertz CT molecular complexity index is 1470. The number of furan rings is 1. The number of carbonyl (C=O) groups excluding carboxylic acids is 1. The summed E-state index contributed by atoms with van der Waals surface area (Å²) in [6.07, 6.45) is 4.20. The molecule has 1 aliphatic carbocycles. The molecule has 9 nitrogen and oxygen atoms in total. The van der Waals surface area contributed by atoms with Gasteiger partial charge in [-0.1, -0.05) is 6.58 Å². The maximum atomic E-state index is 14.8. The smallest absolute Gasteiger partial charge is 0.272 e. The molecule has 1 aromatic carbocycles. The fourth-order valence-corrected chi connectivity index (χ4v) is 4.62. The van der Waals surface area contributed by atoms with Crippen LogP contribution >= 0.6 is 0 Å². The summed E-state index contributed by atoms with van der Waals surface area (Å²) >= 11 is 0. The molecule has 0 aliphatic heterocycles. The van der Waals surface area contributed by atoms with Crippen molar-refractivity contribution < 1.29 is 31.9 Å².